The van der Waals surface area contributed by atoms with Crippen molar-refractivity contribution in [1.82, 2.24) is 0 Å². The molecule has 7 heteroatoms. The van der Waals surface area contributed by atoms with Gasteiger partial charge < -0.3 is 10.2 Å². The third-order valence-corrected chi connectivity index (χ3v) is 8.44. The van der Waals surface area contributed by atoms with Crippen molar-refractivity contribution in [3.8, 4) is 0 Å². The van der Waals surface area contributed by atoms with Crippen molar-refractivity contribution in [2.45, 2.75) is 54.6 Å². The summed E-state index contributed by atoms with van der Waals surface area (Å²) in [6.45, 7) is 5.75. The molecule has 1 aliphatic rings. The average Bonchev–Trinajstić information content (AvgIpc) is 2.75. The SMILES string of the molecule is CCCS(=O)(=O)c1ccccc1SC(C)C(=O)Nc1cccc(N2CCCCC2)c1. The number of piperidine rings is 1. The van der Waals surface area contributed by atoms with Crippen LogP contribution in [0.25, 0.3) is 0 Å². The van der Waals surface area contributed by atoms with E-state index < -0.39 is 15.1 Å². The lowest BCUT2D eigenvalue weighted by Crippen LogP contribution is -2.29. The van der Waals surface area contributed by atoms with Crippen molar-refractivity contribution in [3.05, 3.63) is 48.5 Å². The molecule has 2 aromatic rings. The first-order chi connectivity index (χ1) is 14.4. The van der Waals surface area contributed by atoms with Gasteiger partial charge in [-0.3, -0.25) is 4.79 Å². The molecule has 5 nitrogen and oxygen atoms in total. The lowest BCUT2D eigenvalue weighted by atomic mass is 10.1. The molecule has 3 rings (SSSR count). The zero-order chi connectivity index (χ0) is 21.6. The van der Waals surface area contributed by atoms with Gasteiger partial charge in [0.2, 0.25) is 5.91 Å². The Bertz CT molecular complexity index is 970. The second kappa shape index (κ2) is 10.4. The highest BCUT2D eigenvalue weighted by Gasteiger charge is 2.22. The molecule has 0 aromatic heterocycles. The van der Waals surface area contributed by atoms with Gasteiger partial charge in [0.1, 0.15) is 0 Å². The number of nitrogens with one attached hydrogen (secondary N) is 1. The Morgan fingerprint density at radius 2 is 1.83 bits per heavy atom. The fraction of sp³-hybridized carbons (Fsp3) is 0.435. The van der Waals surface area contributed by atoms with Crippen LogP contribution in [0.5, 0.6) is 0 Å². The number of amides is 1. The van der Waals surface area contributed by atoms with Gasteiger partial charge in [-0.15, -0.1) is 11.8 Å². The molecule has 1 N–H and O–H groups in total. The number of hydrogen-bond acceptors (Lipinski definition) is 5. The minimum Gasteiger partial charge on any atom is -0.371 e. The molecule has 1 amide bonds. The Kier molecular flexibility index (Phi) is 7.83. The van der Waals surface area contributed by atoms with Gasteiger partial charge in [-0.25, -0.2) is 8.42 Å². The number of thioether (sulfide) groups is 1. The minimum absolute atomic E-state index is 0.106. The minimum atomic E-state index is -3.35. The molecule has 2 aromatic carbocycles. The molecule has 30 heavy (non-hydrogen) atoms. The van der Waals surface area contributed by atoms with E-state index in [0.717, 1.165) is 24.5 Å². The topological polar surface area (TPSA) is 66.5 Å². The predicted molar refractivity (Wildman–Crippen MR) is 125 cm³/mol. The van der Waals surface area contributed by atoms with Crippen LogP contribution in [0, 0.1) is 0 Å². The normalized spacial score (nSPS) is 15.6. The monoisotopic (exact) mass is 446 g/mol. The van der Waals surface area contributed by atoms with Crippen LogP contribution in [0.1, 0.15) is 39.5 Å². The Hall–Kier alpha value is -1.99. The van der Waals surface area contributed by atoms with E-state index in [1.165, 1.54) is 31.0 Å². The summed E-state index contributed by atoms with van der Waals surface area (Å²) >= 11 is 1.28. The van der Waals surface area contributed by atoms with E-state index in [4.69, 9.17) is 0 Å². The molecule has 0 aliphatic carbocycles. The van der Waals surface area contributed by atoms with E-state index in [-0.39, 0.29) is 11.7 Å². The largest absolute Gasteiger partial charge is 0.371 e. The summed E-state index contributed by atoms with van der Waals surface area (Å²) in [7, 11) is -3.35. The number of anilines is 2. The smallest absolute Gasteiger partial charge is 0.237 e. The molecule has 1 atom stereocenters. The first-order valence-corrected chi connectivity index (χ1v) is 13.1. The molecule has 0 bridgehead atoms. The summed E-state index contributed by atoms with van der Waals surface area (Å²) < 4.78 is 25.1. The zero-order valence-electron chi connectivity index (χ0n) is 17.6. The maximum absolute atomic E-state index is 12.8. The Morgan fingerprint density at radius 1 is 1.10 bits per heavy atom. The summed E-state index contributed by atoms with van der Waals surface area (Å²) in [5.74, 6) is -0.0347. The van der Waals surface area contributed by atoms with Crippen molar-refractivity contribution >= 4 is 38.9 Å². The highest BCUT2D eigenvalue weighted by molar-refractivity contribution is 8.01. The standard InChI is InChI=1S/C23H30N2O3S2/c1-3-16-30(27,28)22-13-6-5-12-21(22)29-18(2)23(26)24-19-10-9-11-20(17-19)25-14-7-4-8-15-25/h5-6,9-13,17-18H,3-4,7-8,14-16H2,1-2H3,(H,24,26). The van der Waals surface area contributed by atoms with Gasteiger partial charge >= 0.3 is 0 Å². The van der Waals surface area contributed by atoms with Gasteiger partial charge in [0.15, 0.2) is 9.84 Å². The summed E-state index contributed by atoms with van der Waals surface area (Å²) in [6.07, 6.45) is 4.23. The fourth-order valence-electron chi connectivity index (χ4n) is 3.60. The van der Waals surface area contributed by atoms with E-state index in [1.54, 1.807) is 31.2 Å². The quantitative estimate of drug-likeness (QED) is 0.579. The van der Waals surface area contributed by atoms with Crippen LogP contribution >= 0.6 is 11.8 Å². The number of carbonyl (C=O) groups is 1. The summed E-state index contributed by atoms with van der Waals surface area (Å²) in [6, 6.07) is 14.9. The van der Waals surface area contributed by atoms with E-state index in [0.29, 0.717) is 16.2 Å². The van der Waals surface area contributed by atoms with Gasteiger partial charge in [-0.05, 0) is 62.9 Å². The molecule has 162 valence electrons. The zero-order valence-corrected chi connectivity index (χ0v) is 19.3. The lowest BCUT2D eigenvalue weighted by molar-refractivity contribution is -0.115. The van der Waals surface area contributed by atoms with Crippen LogP contribution in [-0.4, -0.2) is 38.4 Å². The second-order valence-corrected chi connectivity index (χ2v) is 11.1. The molecular formula is C23H30N2O3S2. The Labute approximate surface area is 184 Å². The highest BCUT2D eigenvalue weighted by Crippen LogP contribution is 2.31. The Morgan fingerprint density at radius 3 is 2.57 bits per heavy atom. The van der Waals surface area contributed by atoms with E-state index in [2.05, 4.69) is 16.3 Å². The van der Waals surface area contributed by atoms with E-state index in [1.807, 2.05) is 25.1 Å². The molecule has 0 spiro atoms. The van der Waals surface area contributed by atoms with Gasteiger partial charge in [0.05, 0.1) is 15.9 Å². The fourth-order valence-corrected chi connectivity index (χ4v) is 6.43. The van der Waals surface area contributed by atoms with Crippen molar-refractivity contribution in [3.63, 3.8) is 0 Å². The molecular weight excluding hydrogens is 416 g/mol. The molecule has 0 saturated carbocycles. The van der Waals surface area contributed by atoms with E-state index in [9.17, 15) is 13.2 Å². The van der Waals surface area contributed by atoms with Crippen LogP contribution in [-0.2, 0) is 14.6 Å². The molecule has 1 unspecified atom stereocenters. The number of sulfone groups is 1. The van der Waals surface area contributed by atoms with Crippen molar-refractivity contribution in [2.24, 2.45) is 0 Å². The molecule has 1 heterocycles. The first kappa shape index (κ1) is 22.7. The number of rotatable bonds is 8. The first-order valence-electron chi connectivity index (χ1n) is 10.5. The number of carbonyl (C=O) groups excluding carboxylic acids is 1. The molecule has 1 fully saturated rings. The second-order valence-electron chi connectivity index (χ2n) is 7.61. The third kappa shape index (κ3) is 5.79. The molecule has 1 aliphatic heterocycles. The van der Waals surface area contributed by atoms with Crippen LogP contribution < -0.4 is 10.2 Å². The van der Waals surface area contributed by atoms with Crippen molar-refractivity contribution in [2.75, 3.05) is 29.1 Å². The highest BCUT2D eigenvalue weighted by atomic mass is 32.2. The van der Waals surface area contributed by atoms with Crippen LogP contribution in [0.15, 0.2) is 58.3 Å². The van der Waals surface area contributed by atoms with Crippen molar-refractivity contribution in [1.29, 1.82) is 0 Å². The summed E-state index contributed by atoms with van der Waals surface area (Å²) in [5, 5.41) is 2.56. The average molecular weight is 447 g/mol. The third-order valence-electron chi connectivity index (χ3n) is 5.16. The van der Waals surface area contributed by atoms with Gasteiger partial charge in [-0.2, -0.15) is 0 Å². The summed E-state index contributed by atoms with van der Waals surface area (Å²) in [4.78, 5) is 16.1. The number of hydrogen-bond donors (Lipinski definition) is 1. The van der Waals surface area contributed by atoms with Gasteiger partial charge in [0, 0.05) is 29.4 Å². The predicted octanol–water partition coefficient (Wildman–Crippen LogP) is 4.98. The van der Waals surface area contributed by atoms with Crippen LogP contribution in [0.2, 0.25) is 0 Å². The Balaban J connectivity index is 1.69. The van der Waals surface area contributed by atoms with Gasteiger partial charge in [0.25, 0.3) is 0 Å². The van der Waals surface area contributed by atoms with Gasteiger partial charge in [-0.1, -0.05) is 25.1 Å². The van der Waals surface area contributed by atoms with Crippen LogP contribution in [0.4, 0.5) is 11.4 Å². The molecule has 1 saturated heterocycles. The molecule has 0 radical (unpaired) electrons. The number of benzene rings is 2. The van der Waals surface area contributed by atoms with Crippen molar-refractivity contribution < 1.29 is 13.2 Å². The maximum atomic E-state index is 12.8. The summed E-state index contributed by atoms with van der Waals surface area (Å²) in [5.41, 5.74) is 1.89. The lowest BCUT2D eigenvalue weighted by Gasteiger charge is -2.29. The van der Waals surface area contributed by atoms with E-state index >= 15 is 0 Å². The maximum Gasteiger partial charge on any atom is 0.237 e. The number of nitrogens with zero attached hydrogens (tertiary/aromatic N) is 1. The van der Waals surface area contributed by atoms with Crippen LogP contribution in [0.3, 0.4) is 0 Å².